The van der Waals surface area contributed by atoms with Crippen molar-refractivity contribution in [1.82, 2.24) is 20.1 Å². The van der Waals surface area contributed by atoms with Crippen molar-refractivity contribution in [2.45, 2.75) is 38.9 Å². The SMILES string of the molecule is Cc1nc2n(n1)C[C@@H](NCc1ccccc1N1CCOCC1)CC2. The van der Waals surface area contributed by atoms with Gasteiger partial charge in [0.25, 0.3) is 0 Å². The maximum Gasteiger partial charge on any atom is 0.147 e. The van der Waals surface area contributed by atoms with Gasteiger partial charge in [0, 0.05) is 37.8 Å². The Hall–Kier alpha value is -1.92. The third kappa shape index (κ3) is 3.30. The highest BCUT2D eigenvalue weighted by atomic mass is 16.5. The van der Waals surface area contributed by atoms with E-state index in [0.717, 1.165) is 63.9 Å². The second-order valence-corrected chi connectivity index (χ2v) is 6.60. The van der Waals surface area contributed by atoms with Crippen LogP contribution >= 0.6 is 0 Å². The van der Waals surface area contributed by atoms with E-state index in [2.05, 4.69) is 49.2 Å². The van der Waals surface area contributed by atoms with E-state index in [9.17, 15) is 0 Å². The van der Waals surface area contributed by atoms with Crippen LogP contribution in [-0.2, 0) is 24.2 Å². The molecule has 1 aromatic heterocycles. The molecule has 128 valence electrons. The Kier molecular flexibility index (Phi) is 4.49. The zero-order valence-corrected chi connectivity index (χ0v) is 14.2. The molecule has 24 heavy (non-hydrogen) atoms. The molecule has 6 heteroatoms. The van der Waals surface area contributed by atoms with Crippen molar-refractivity contribution in [1.29, 1.82) is 0 Å². The number of nitrogens with zero attached hydrogens (tertiary/aromatic N) is 4. The van der Waals surface area contributed by atoms with Crippen LogP contribution in [0.1, 0.15) is 23.6 Å². The molecule has 1 atom stereocenters. The van der Waals surface area contributed by atoms with Gasteiger partial charge in [0.2, 0.25) is 0 Å². The van der Waals surface area contributed by atoms with Crippen molar-refractivity contribution in [3.05, 3.63) is 41.5 Å². The lowest BCUT2D eigenvalue weighted by molar-refractivity contribution is 0.122. The molecule has 0 spiro atoms. The van der Waals surface area contributed by atoms with Gasteiger partial charge in [0.15, 0.2) is 0 Å². The van der Waals surface area contributed by atoms with E-state index in [1.54, 1.807) is 0 Å². The molecule has 1 aromatic carbocycles. The van der Waals surface area contributed by atoms with E-state index in [4.69, 9.17) is 4.74 Å². The Bertz CT molecular complexity index is 692. The van der Waals surface area contributed by atoms with Crippen molar-refractivity contribution in [2.75, 3.05) is 31.2 Å². The summed E-state index contributed by atoms with van der Waals surface area (Å²) in [6.07, 6.45) is 2.13. The minimum atomic E-state index is 0.455. The number of ether oxygens (including phenoxy) is 1. The van der Waals surface area contributed by atoms with E-state index in [1.807, 2.05) is 6.92 Å². The average molecular weight is 327 g/mol. The minimum absolute atomic E-state index is 0.455. The molecule has 0 unspecified atom stereocenters. The standard InChI is InChI=1S/C18H25N5O/c1-14-20-18-7-6-16(13-23(18)21-14)19-12-15-4-2-3-5-17(15)22-8-10-24-11-9-22/h2-5,16,19H,6-13H2,1H3/t16-/m0/s1. The Morgan fingerprint density at radius 1 is 1.25 bits per heavy atom. The van der Waals surface area contributed by atoms with Crippen molar-refractivity contribution >= 4 is 5.69 Å². The van der Waals surface area contributed by atoms with Crippen LogP contribution in [0, 0.1) is 6.92 Å². The van der Waals surface area contributed by atoms with Gasteiger partial charge < -0.3 is 15.0 Å². The first-order valence-corrected chi connectivity index (χ1v) is 8.84. The van der Waals surface area contributed by atoms with E-state index in [-0.39, 0.29) is 0 Å². The van der Waals surface area contributed by atoms with E-state index < -0.39 is 0 Å². The molecule has 0 aliphatic carbocycles. The summed E-state index contributed by atoms with van der Waals surface area (Å²) in [5.74, 6) is 2.00. The topological polar surface area (TPSA) is 55.2 Å². The van der Waals surface area contributed by atoms with Crippen molar-refractivity contribution < 1.29 is 4.74 Å². The molecule has 2 aliphatic heterocycles. The van der Waals surface area contributed by atoms with Crippen LogP contribution < -0.4 is 10.2 Å². The summed E-state index contributed by atoms with van der Waals surface area (Å²) in [4.78, 5) is 6.92. The molecule has 6 nitrogen and oxygen atoms in total. The number of para-hydroxylation sites is 1. The summed E-state index contributed by atoms with van der Waals surface area (Å²) >= 11 is 0. The highest BCUT2D eigenvalue weighted by molar-refractivity contribution is 5.53. The van der Waals surface area contributed by atoms with Gasteiger partial charge in [-0.05, 0) is 25.0 Å². The fourth-order valence-corrected chi connectivity index (χ4v) is 3.63. The van der Waals surface area contributed by atoms with Crippen molar-refractivity contribution in [3.8, 4) is 0 Å². The number of nitrogens with one attached hydrogen (secondary N) is 1. The summed E-state index contributed by atoms with van der Waals surface area (Å²) in [7, 11) is 0. The number of fused-ring (bicyclic) bond motifs is 1. The molecule has 0 saturated carbocycles. The van der Waals surface area contributed by atoms with Gasteiger partial charge in [0.1, 0.15) is 11.6 Å². The van der Waals surface area contributed by atoms with Crippen LogP contribution in [-0.4, -0.2) is 47.1 Å². The summed E-state index contributed by atoms with van der Waals surface area (Å²) in [5.41, 5.74) is 2.70. The summed E-state index contributed by atoms with van der Waals surface area (Å²) in [6, 6.07) is 9.16. The first-order valence-electron chi connectivity index (χ1n) is 8.84. The molecule has 3 heterocycles. The number of morpholine rings is 1. The zero-order chi connectivity index (χ0) is 16.4. The predicted octanol–water partition coefficient (Wildman–Crippen LogP) is 1.53. The van der Waals surface area contributed by atoms with Crippen LogP contribution in [0.15, 0.2) is 24.3 Å². The summed E-state index contributed by atoms with van der Waals surface area (Å²) in [6.45, 7) is 7.35. The molecular formula is C18H25N5O. The summed E-state index contributed by atoms with van der Waals surface area (Å²) in [5, 5.41) is 8.21. The summed E-state index contributed by atoms with van der Waals surface area (Å²) < 4.78 is 7.54. The minimum Gasteiger partial charge on any atom is -0.378 e. The van der Waals surface area contributed by atoms with Crippen molar-refractivity contribution in [3.63, 3.8) is 0 Å². The third-order valence-corrected chi connectivity index (χ3v) is 4.89. The van der Waals surface area contributed by atoms with E-state index in [1.165, 1.54) is 11.3 Å². The normalized spacial score (nSPS) is 20.9. The van der Waals surface area contributed by atoms with Crippen molar-refractivity contribution in [2.24, 2.45) is 0 Å². The molecular weight excluding hydrogens is 302 g/mol. The first kappa shape index (κ1) is 15.6. The van der Waals surface area contributed by atoms with Crippen LogP contribution in [0.5, 0.6) is 0 Å². The lowest BCUT2D eigenvalue weighted by Crippen LogP contribution is -2.39. The Morgan fingerprint density at radius 2 is 2.08 bits per heavy atom. The smallest absolute Gasteiger partial charge is 0.147 e. The Labute approximate surface area is 142 Å². The molecule has 0 radical (unpaired) electrons. The maximum absolute atomic E-state index is 5.48. The largest absolute Gasteiger partial charge is 0.378 e. The van der Waals surface area contributed by atoms with Gasteiger partial charge in [-0.3, -0.25) is 0 Å². The number of aryl methyl sites for hydroxylation is 2. The molecule has 2 aliphatic rings. The number of rotatable bonds is 4. The Balaban J connectivity index is 1.41. The zero-order valence-electron chi connectivity index (χ0n) is 14.2. The highest BCUT2D eigenvalue weighted by Gasteiger charge is 2.21. The fraction of sp³-hybridized carbons (Fsp3) is 0.556. The first-order chi connectivity index (χ1) is 11.8. The van der Waals surface area contributed by atoms with Gasteiger partial charge in [-0.15, -0.1) is 0 Å². The van der Waals surface area contributed by atoms with E-state index in [0.29, 0.717) is 6.04 Å². The van der Waals surface area contributed by atoms with Crippen LogP contribution in [0.25, 0.3) is 0 Å². The molecule has 1 fully saturated rings. The Morgan fingerprint density at radius 3 is 2.96 bits per heavy atom. The molecule has 2 aromatic rings. The molecule has 1 saturated heterocycles. The van der Waals surface area contributed by atoms with Gasteiger partial charge in [-0.1, -0.05) is 18.2 Å². The molecule has 0 amide bonds. The highest BCUT2D eigenvalue weighted by Crippen LogP contribution is 2.22. The number of hydrogen-bond acceptors (Lipinski definition) is 5. The molecule has 0 bridgehead atoms. The predicted molar refractivity (Wildman–Crippen MR) is 93.2 cm³/mol. The van der Waals surface area contributed by atoms with Crippen LogP contribution in [0.4, 0.5) is 5.69 Å². The maximum atomic E-state index is 5.48. The van der Waals surface area contributed by atoms with Gasteiger partial charge in [0.05, 0.1) is 19.8 Å². The lowest BCUT2D eigenvalue weighted by Gasteiger charge is -2.31. The van der Waals surface area contributed by atoms with Crippen LogP contribution in [0.3, 0.4) is 0 Å². The molecule has 4 rings (SSSR count). The second kappa shape index (κ2) is 6.91. The average Bonchev–Trinajstić information content (AvgIpc) is 3.00. The number of hydrogen-bond donors (Lipinski definition) is 1. The third-order valence-electron chi connectivity index (χ3n) is 4.89. The number of benzene rings is 1. The quantitative estimate of drug-likeness (QED) is 0.923. The lowest BCUT2D eigenvalue weighted by atomic mass is 10.1. The van der Waals surface area contributed by atoms with Crippen LogP contribution in [0.2, 0.25) is 0 Å². The number of anilines is 1. The molecule has 1 N–H and O–H groups in total. The fourth-order valence-electron chi connectivity index (χ4n) is 3.63. The van der Waals surface area contributed by atoms with Gasteiger partial charge >= 0.3 is 0 Å². The number of aromatic nitrogens is 3. The van der Waals surface area contributed by atoms with Gasteiger partial charge in [-0.2, -0.15) is 5.10 Å². The van der Waals surface area contributed by atoms with E-state index >= 15 is 0 Å². The second-order valence-electron chi connectivity index (χ2n) is 6.60. The monoisotopic (exact) mass is 327 g/mol. The van der Waals surface area contributed by atoms with Gasteiger partial charge in [-0.25, -0.2) is 9.67 Å².